The zero-order valence-corrected chi connectivity index (χ0v) is 16.1. The minimum Gasteiger partial charge on any atom is -0.478 e. The molecule has 1 aromatic carbocycles. The van der Waals surface area contributed by atoms with Crippen LogP contribution in [0.3, 0.4) is 0 Å². The van der Waals surface area contributed by atoms with Crippen LogP contribution in [-0.2, 0) is 25.6 Å². The molecule has 28 heavy (non-hydrogen) atoms. The summed E-state index contributed by atoms with van der Waals surface area (Å²) in [4.78, 5) is 23.7. The summed E-state index contributed by atoms with van der Waals surface area (Å²) in [5.74, 6) is -1.33. The molecule has 0 bridgehead atoms. The fourth-order valence-corrected chi connectivity index (χ4v) is 5.11. The standard InChI is InChI=1S/C15H16O5.C7H9N/c1-7-4-14-10(8(7)2)3-9(12(16)17)11(14)5-19-13(18)15(14)6-20-15;8-6-7-4-2-1-3-5-7/h3-4,8,10-11H,5-6H2,1-2H3,(H,16,17);1-5H,6,8H2/t8-,10-,11+,14-,15-;/m1./s1. The Morgan fingerprint density at radius 1 is 1.32 bits per heavy atom. The van der Waals surface area contributed by atoms with Crippen LogP contribution in [0.15, 0.2) is 53.6 Å². The lowest BCUT2D eigenvalue weighted by molar-refractivity contribution is -0.170. The van der Waals surface area contributed by atoms with E-state index < -0.39 is 17.0 Å². The first-order valence-electron chi connectivity index (χ1n) is 9.57. The molecule has 2 saturated heterocycles. The third kappa shape index (κ3) is 2.48. The Kier molecular flexibility index (Phi) is 4.43. The van der Waals surface area contributed by atoms with E-state index in [1.807, 2.05) is 43.3 Å². The zero-order chi connectivity index (χ0) is 20.1. The number of hydrogen-bond acceptors (Lipinski definition) is 5. The summed E-state index contributed by atoms with van der Waals surface area (Å²) in [5, 5.41) is 9.44. The molecule has 5 rings (SSSR count). The van der Waals surface area contributed by atoms with Gasteiger partial charge in [-0.05, 0) is 24.3 Å². The first kappa shape index (κ1) is 18.9. The monoisotopic (exact) mass is 383 g/mol. The maximum absolute atomic E-state index is 12.2. The van der Waals surface area contributed by atoms with Gasteiger partial charge in [-0.2, -0.15) is 0 Å². The van der Waals surface area contributed by atoms with E-state index in [0.717, 1.165) is 0 Å². The third-order valence-corrected chi connectivity index (χ3v) is 6.75. The summed E-state index contributed by atoms with van der Waals surface area (Å²) in [6.45, 7) is 5.23. The summed E-state index contributed by atoms with van der Waals surface area (Å²) in [5.41, 5.74) is 6.59. The van der Waals surface area contributed by atoms with Crippen LogP contribution in [0.5, 0.6) is 0 Å². The number of aliphatic carboxylic acids is 1. The molecule has 5 atom stereocenters. The van der Waals surface area contributed by atoms with Gasteiger partial charge in [0.25, 0.3) is 0 Å². The Morgan fingerprint density at radius 2 is 2.00 bits per heavy atom. The second-order valence-electron chi connectivity index (χ2n) is 8.02. The van der Waals surface area contributed by atoms with Gasteiger partial charge in [0.1, 0.15) is 0 Å². The lowest BCUT2D eigenvalue weighted by atomic mass is 9.61. The fraction of sp³-hybridized carbons (Fsp3) is 0.455. The van der Waals surface area contributed by atoms with Crippen molar-refractivity contribution in [2.24, 2.45) is 28.9 Å². The van der Waals surface area contributed by atoms with Crippen LogP contribution in [0.1, 0.15) is 19.4 Å². The summed E-state index contributed by atoms with van der Waals surface area (Å²) >= 11 is 0. The van der Waals surface area contributed by atoms with Crippen LogP contribution in [0.25, 0.3) is 0 Å². The predicted molar refractivity (Wildman–Crippen MR) is 102 cm³/mol. The minimum atomic E-state index is -0.958. The number of cyclic esters (lactones) is 1. The zero-order valence-electron chi connectivity index (χ0n) is 16.1. The van der Waals surface area contributed by atoms with Crippen LogP contribution >= 0.6 is 0 Å². The van der Waals surface area contributed by atoms with Crippen LogP contribution in [-0.4, -0.2) is 35.9 Å². The summed E-state index contributed by atoms with van der Waals surface area (Å²) < 4.78 is 10.8. The third-order valence-electron chi connectivity index (χ3n) is 6.75. The van der Waals surface area contributed by atoms with Crippen molar-refractivity contribution in [1.29, 1.82) is 0 Å². The second kappa shape index (κ2) is 6.57. The van der Waals surface area contributed by atoms with Crippen molar-refractivity contribution in [3.05, 3.63) is 59.2 Å². The van der Waals surface area contributed by atoms with Crippen LogP contribution in [0, 0.1) is 23.2 Å². The summed E-state index contributed by atoms with van der Waals surface area (Å²) in [6.07, 6.45) is 3.92. The van der Waals surface area contributed by atoms with Gasteiger partial charge in [-0.3, -0.25) is 0 Å². The molecule has 6 nitrogen and oxygen atoms in total. The number of esters is 1. The van der Waals surface area contributed by atoms with E-state index >= 15 is 0 Å². The molecule has 0 radical (unpaired) electrons. The van der Waals surface area contributed by atoms with Crippen molar-refractivity contribution in [2.75, 3.05) is 13.2 Å². The van der Waals surface area contributed by atoms with Crippen molar-refractivity contribution >= 4 is 11.9 Å². The Labute approximate surface area is 164 Å². The molecule has 2 heterocycles. The number of nitrogens with two attached hydrogens (primary N) is 1. The van der Waals surface area contributed by atoms with E-state index in [9.17, 15) is 14.7 Å². The molecule has 148 valence electrons. The summed E-state index contributed by atoms with van der Waals surface area (Å²) in [6, 6.07) is 9.99. The number of carbonyl (C=O) groups excluding carboxylic acids is 1. The molecule has 0 unspecified atom stereocenters. The Bertz CT molecular complexity index is 870. The van der Waals surface area contributed by atoms with Gasteiger partial charge in [0.15, 0.2) is 5.60 Å². The Balaban J connectivity index is 0.000000203. The van der Waals surface area contributed by atoms with Crippen molar-refractivity contribution in [3.8, 4) is 0 Å². The van der Waals surface area contributed by atoms with E-state index in [1.165, 1.54) is 11.1 Å². The highest BCUT2D eigenvalue weighted by atomic mass is 16.6. The average Bonchev–Trinajstić information content (AvgIpc) is 3.37. The number of epoxide rings is 1. The van der Waals surface area contributed by atoms with Crippen LogP contribution < -0.4 is 5.73 Å². The number of carboxylic acids is 1. The summed E-state index contributed by atoms with van der Waals surface area (Å²) in [7, 11) is 0. The van der Waals surface area contributed by atoms with E-state index in [-0.39, 0.29) is 30.3 Å². The molecular formula is C22H25NO5. The smallest absolute Gasteiger partial charge is 0.341 e. The van der Waals surface area contributed by atoms with Gasteiger partial charge in [-0.15, -0.1) is 0 Å². The molecule has 2 aliphatic heterocycles. The van der Waals surface area contributed by atoms with Crippen LogP contribution in [0.4, 0.5) is 0 Å². The largest absolute Gasteiger partial charge is 0.478 e. The second-order valence-corrected chi connectivity index (χ2v) is 8.02. The van der Waals surface area contributed by atoms with Crippen molar-refractivity contribution in [1.82, 2.24) is 0 Å². The van der Waals surface area contributed by atoms with E-state index in [2.05, 4.69) is 13.0 Å². The van der Waals surface area contributed by atoms with Gasteiger partial charge < -0.3 is 20.3 Å². The molecule has 0 amide bonds. The number of rotatable bonds is 2. The lowest BCUT2D eigenvalue weighted by Crippen LogP contribution is -2.56. The number of ether oxygens (including phenoxy) is 2. The van der Waals surface area contributed by atoms with E-state index in [1.54, 1.807) is 0 Å². The molecule has 0 saturated carbocycles. The fourth-order valence-electron chi connectivity index (χ4n) is 5.11. The molecular weight excluding hydrogens is 358 g/mol. The van der Waals surface area contributed by atoms with Gasteiger partial charge >= 0.3 is 11.9 Å². The topological polar surface area (TPSA) is 102 Å². The molecule has 1 aromatic rings. The molecule has 6 heteroatoms. The Morgan fingerprint density at radius 3 is 2.54 bits per heavy atom. The highest BCUT2D eigenvalue weighted by molar-refractivity contribution is 5.92. The molecule has 2 spiro atoms. The van der Waals surface area contributed by atoms with Crippen molar-refractivity contribution in [3.63, 3.8) is 0 Å². The quantitative estimate of drug-likeness (QED) is 0.462. The van der Waals surface area contributed by atoms with E-state index in [0.29, 0.717) is 18.7 Å². The normalized spacial score (nSPS) is 37.1. The van der Waals surface area contributed by atoms with Crippen molar-refractivity contribution < 1.29 is 24.2 Å². The van der Waals surface area contributed by atoms with Gasteiger partial charge in [-0.1, -0.05) is 55.0 Å². The first-order chi connectivity index (χ1) is 13.4. The SMILES string of the molecule is CC1=C[C@@]23[C@H](C=C(C(=O)O)[C@@H]2COC(=O)[C@]32CO2)[C@@H]1C.NCc1ccccc1. The number of hydrogen-bond donors (Lipinski definition) is 2. The first-order valence-corrected chi connectivity index (χ1v) is 9.57. The maximum Gasteiger partial charge on any atom is 0.341 e. The Hall–Kier alpha value is -2.44. The molecule has 3 N–H and O–H groups in total. The lowest BCUT2D eigenvalue weighted by Gasteiger charge is -2.43. The predicted octanol–water partition coefficient (Wildman–Crippen LogP) is 2.30. The highest BCUT2D eigenvalue weighted by Crippen LogP contribution is 2.68. The average molecular weight is 383 g/mol. The minimum absolute atomic E-state index is 0.00829. The van der Waals surface area contributed by atoms with Gasteiger partial charge in [0.05, 0.1) is 13.2 Å². The molecule has 0 aromatic heterocycles. The van der Waals surface area contributed by atoms with Gasteiger partial charge in [-0.25, -0.2) is 9.59 Å². The van der Waals surface area contributed by atoms with Crippen molar-refractivity contribution in [2.45, 2.75) is 26.0 Å². The van der Waals surface area contributed by atoms with Gasteiger partial charge in [0, 0.05) is 23.5 Å². The molecule has 2 fully saturated rings. The number of carbonyl (C=O) groups is 2. The van der Waals surface area contributed by atoms with Crippen LogP contribution in [0.2, 0.25) is 0 Å². The number of allylic oxidation sites excluding steroid dienone is 2. The number of benzene rings is 1. The maximum atomic E-state index is 12.2. The highest BCUT2D eigenvalue weighted by Gasteiger charge is 2.78. The molecule has 2 aliphatic carbocycles. The van der Waals surface area contributed by atoms with Gasteiger partial charge in [0.2, 0.25) is 0 Å². The molecule has 4 aliphatic rings. The number of carboxylic acid groups (broad SMARTS) is 1. The van der Waals surface area contributed by atoms with E-state index in [4.69, 9.17) is 15.2 Å².